The zero-order valence-corrected chi connectivity index (χ0v) is 12.0. The highest BCUT2D eigenvalue weighted by Gasteiger charge is 2.36. The van der Waals surface area contributed by atoms with Gasteiger partial charge in [0.25, 0.3) is 0 Å². The first kappa shape index (κ1) is 14.6. The van der Waals surface area contributed by atoms with Crippen LogP contribution in [-0.2, 0) is 14.6 Å². The van der Waals surface area contributed by atoms with Crippen LogP contribution in [0.5, 0.6) is 5.75 Å². The minimum atomic E-state index is -3.12. The van der Waals surface area contributed by atoms with E-state index in [-0.39, 0.29) is 23.9 Å². The maximum absolute atomic E-state index is 12.1. The van der Waals surface area contributed by atoms with Crippen LogP contribution in [0.1, 0.15) is 13.3 Å². The molecule has 0 saturated carbocycles. The van der Waals surface area contributed by atoms with Crippen molar-refractivity contribution in [2.45, 2.75) is 19.4 Å². The minimum absolute atomic E-state index is 0.0117. The van der Waals surface area contributed by atoms with Crippen LogP contribution in [0.4, 0.5) is 10.5 Å². The molecular weight excluding hydrogens is 282 g/mol. The number of carbonyl (C=O) groups is 1. The van der Waals surface area contributed by atoms with Crippen molar-refractivity contribution in [1.82, 2.24) is 0 Å². The lowest BCUT2D eigenvalue weighted by atomic mass is 10.2. The topological polar surface area (TPSA) is 83.9 Å². The Morgan fingerprint density at radius 3 is 2.80 bits per heavy atom. The number of carbonyl (C=O) groups excluding carboxylic acids is 1. The maximum Gasteiger partial charge on any atom is 0.414 e. The fourth-order valence-electron chi connectivity index (χ4n) is 2.28. The molecule has 0 bridgehead atoms. The molecule has 0 aromatic heterocycles. The largest absolute Gasteiger partial charge is 0.508 e. The molecule has 2 rings (SSSR count). The first-order valence-electron chi connectivity index (χ1n) is 6.38. The van der Waals surface area contributed by atoms with Crippen LogP contribution < -0.4 is 4.90 Å². The SMILES string of the molecule is CCOC(=O)N(c1cccc(O)c1)C1CCS(=O)(=O)C1. The maximum atomic E-state index is 12.1. The highest BCUT2D eigenvalue weighted by atomic mass is 32.2. The predicted octanol–water partition coefficient (Wildman–Crippen LogP) is 1.54. The van der Waals surface area contributed by atoms with Crippen LogP contribution in [0.3, 0.4) is 0 Å². The molecule has 1 aliphatic rings. The van der Waals surface area contributed by atoms with E-state index in [1.807, 2.05) is 0 Å². The highest BCUT2D eigenvalue weighted by Crippen LogP contribution is 2.27. The number of hydrogen-bond acceptors (Lipinski definition) is 5. The van der Waals surface area contributed by atoms with Gasteiger partial charge in [-0.3, -0.25) is 4.90 Å². The van der Waals surface area contributed by atoms with Gasteiger partial charge in [-0.1, -0.05) is 6.07 Å². The lowest BCUT2D eigenvalue weighted by Crippen LogP contribution is -2.41. The van der Waals surface area contributed by atoms with Crippen LogP contribution in [0.25, 0.3) is 0 Å². The van der Waals surface area contributed by atoms with Crippen LogP contribution >= 0.6 is 0 Å². The lowest BCUT2D eigenvalue weighted by molar-refractivity contribution is 0.157. The number of rotatable bonds is 3. The van der Waals surface area contributed by atoms with Crippen molar-refractivity contribution in [3.8, 4) is 5.75 Å². The fourth-order valence-corrected chi connectivity index (χ4v) is 3.98. The molecule has 1 fully saturated rings. The van der Waals surface area contributed by atoms with Gasteiger partial charge < -0.3 is 9.84 Å². The molecule has 20 heavy (non-hydrogen) atoms. The van der Waals surface area contributed by atoms with E-state index in [9.17, 15) is 18.3 Å². The van der Waals surface area contributed by atoms with E-state index in [1.165, 1.54) is 17.0 Å². The van der Waals surface area contributed by atoms with Gasteiger partial charge in [-0.25, -0.2) is 13.2 Å². The average Bonchev–Trinajstić information content (AvgIpc) is 2.70. The van der Waals surface area contributed by atoms with Crippen molar-refractivity contribution in [1.29, 1.82) is 0 Å². The Bertz CT molecular complexity index is 599. The fraction of sp³-hybridized carbons (Fsp3) is 0.462. The number of benzene rings is 1. The molecule has 1 amide bonds. The third-order valence-electron chi connectivity index (χ3n) is 3.15. The molecule has 6 nitrogen and oxygen atoms in total. The summed E-state index contributed by atoms with van der Waals surface area (Å²) in [4.78, 5) is 13.4. The summed E-state index contributed by atoms with van der Waals surface area (Å²) in [6, 6.07) is 5.68. The van der Waals surface area contributed by atoms with E-state index in [0.717, 1.165) is 0 Å². The molecule has 0 aliphatic carbocycles. The zero-order valence-electron chi connectivity index (χ0n) is 11.2. The van der Waals surface area contributed by atoms with Gasteiger partial charge in [-0.05, 0) is 25.5 Å². The van der Waals surface area contributed by atoms with Crippen LogP contribution in [0, 0.1) is 0 Å². The standard InChI is InChI=1S/C13H17NO5S/c1-2-19-13(16)14(10-4-3-5-12(15)8-10)11-6-7-20(17,18)9-11/h3-5,8,11,15H,2,6-7,9H2,1H3. The number of phenolic OH excluding ortho intramolecular Hbond substituents is 1. The molecule has 0 spiro atoms. The number of aromatic hydroxyl groups is 1. The van der Waals surface area contributed by atoms with Crippen molar-refractivity contribution in [3.05, 3.63) is 24.3 Å². The van der Waals surface area contributed by atoms with Gasteiger partial charge in [0.2, 0.25) is 0 Å². The van der Waals surface area contributed by atoms with E-state index in [1.54, 1.807) is 19.1 Å². The van der Waals surface area contributed by atoms with E-state index < -0.39 is 22.0 Å². The molecule has 1 heterocycles. The summed E-state index contributed by atoms with van der Waals surface area (Å²) in [5.74, 6) is -0.00827. The molecule has 110 valence electrons. The van der Waals surface area contributed by atoms with Crippen molar-refractivity contribution in [2.24, 2.45) is 0 Å². The van der Waals surface area contributed by atoms with Gasteiger partial charge in [-0.15, -0.1) is 0 Å². The van der Waals surface area contributed by atoms with Crippen LogP contribution in [-0.4, -0.2) is 43.8 Å². The molecule has 1 N–H and O–H groups in total. The van der Waals surface area contributed by atoms with Crippen LogP contribution in [0.15, 0.2) is 24.3 Å². The molecule has 7 heteroatoms. The Kier molecular flexibility index (Phi) is 4.17. The molecule has 1 saturated heterocycles. The summed E-state index contributed by atoms with van der Waals surface area (Å²) < 4.78 is 28.2. The molecule has 1 aromatic rings. The third kappa shape index (κ3) is 3.22. The molecule has 1 atom stereocenters. The van der Waals surface area contributed by atoms with E-state index in [0.29, 0.717) is 12.1 Å². The van der Waals surface area contributed by atoms with E-state index in [2.05, 4.69) is 0 Å². The quantitative estimate of drug-likeness (QED) is 0.915. The molecule has 1 aliphatic heterocycles. The summed E-state index contributed by atoms with van der Waals surface area (Å²) in [5.41, 5.74) is 0.436. The summed E-state index contributed by atoms with van der Waals surface area (Å²) in [5, 5.41) is 9.52. The lowest BCUT2D eigenvalue weighted by Gasteiger charge is -2.27. The second-order valence-corrected chi connectivity index (χ2v) is 6.87. The van der Waals surface area contributed by atoms with Gasteiger partial charge in [-0.2, -0.15) is 0 Å². The van der Waals surface area contributed by atoms with E-state index in [4.69, 9.17) is 4.74 Å². The summed E-state index contributed by atoms with van der Waals surface area (Å²) >= 11 is 0. The van der Waals surface area contributed by atoms with Gasteiger partial charge in [0.1, 0.15) is 5.75 Å². The Hall–Kier alpha value is -1.76. The van der Waals surface area contributed by atoms with Gasteiger partial charge in [0, 0.05) is 6.07 Å². The monoisotopic (exact) mass is 299 g/mol. The van der Waals surface area contributed by atoms with Gasteiger partial charge in [0.05, 0.1) is 29.8 Å². The second-order valence-electron chi connectivity index (χ2n) is 4.65. The molecule has 1 aromatic carbocycles. The van der Waals surface area contributed by atoms with Crippen LogP contribution in [0.2, 0.25) is 0 Å². The molecular formula is C13H17NO5S. The van der Waals surface area contributed by atoms with Crippen molar-refractivity contribution in [3.63, 3.8) is 0 Å². The number of nitrogens with zero attached hydrogens (tertiary/aromatic N) is 1. The van der Waals surface area contributed by atoms with Gasteiger partial charge >= 0.3 is 6.09 Å². The Labute approximate surface area is 117 Å². The smallest absolute Gasteiger partial charge is 0.414 e. The van der Waals surface area contributed by atoms with E-state index >= 15 is 0 Å². The minimum Gasteiger partial charge on any atom is -0.508 e. The Morgan fingerprint density at radius 2 is 2.25 bits per heavy atom. The summed E-state index contributed by atoms with van der Waals surface area (Å²) in [6.45, 7) is 1.89. The molecule has 0 radical (unpaired) electrons. The summed E-state index contributed by atoms with van der Waals surface area (Å²) in [6.07, 6.45) is -0.225. The first-order valence-corrected chi connectivity index (χ1v) is 8.20. The van der Waals surface area contributed by atoms with Crippen molar-refractivity contribution >= 4 is 21.6 Å². The zero-order chi connectivity index (χ0) is 14.8. The number of hydrogen-bond donors (Lipinski definition) is 1. The first-order chi connectivity index (χ1) is 9.43. The number of sulfone groups is 1. The third-order valence-corrected chi connectivity index (χ3v) is 4.90. The predicted molar refractivity (Wildman–Crippen MR) is 74.7 cm³/mol. The van der Waals surface area contributed by atoms with Crippen molar-refractivity contribution < 1.29 is 23.1 Å². The normalized spacial score (nSPS) is 20.6. The number of phenols is 1. The van der Waals surface area contributed by atoms with Crippen molar-refractivity contribution in [2.75, 3.05) is 23.0 Å². The number of ether oxygens (including phenoxy) is 1. The number of anilines is 1. The highest BCUT2D eigenvalue weighted by molar-refractivity contribution is 7.91. The number of amides is 1. The Morgan fingerprint density at radius 1 is 1.50 bits per heavy atom. The molecule has 1 unspecified atom stereocenters. The van der Waals surface area contributed by atoms with Gasteiger partial charge in [0.15, 0.2) is 9.84 Å². The Balaban J connectivity index is 2.33. The summed E-state index contributed by atoms with van der Waals surface area (Å²) in [7, 11) is -3.12. The average molecular weight is 299 g/mol. The second kappa shape index (κ2) is 5.70.